The highest BCUT2D eigenvalue weighted by molar-refractivity contribution is 5.83. The van der Waals surface area contributed by atoms with Gasteiger partial charge < -0.3 is 10.1 Å². The Hall–Kier alpha value is -1.58. The molecule has 0 spiro atoms. The van der Waals surface area contributed by atoms with Gasteiger partial charge in [0, 0.05) is 6.92 Å². The zero-order chi connectivity index (χ0) is 14.8. The lowest BCUT2D eigenvalue weighted by molar-refractivity contribution is -0.144. The van der Waals surface area contributed by atoms with Crippen LogP contribution in [0.2, 0.25) is 0 Å². The molecule has 4 nitrogen and oxygen atoms in total. The number of rotatable bonds is 7. The maximum Gasteiger partial charge on any atom is 0.328 e. The lowest BCUT2D eigenvalue weighted by Gasteiger charge is -2.13. The molecule has 1 N–H and O–H groups in total. The zero-order valence-electron chi connectivity index (χ0n) is 12.6. The number of ether oxygens (including phenoxy) is 1. The van der Waals surface area contributed by atoms with Gasteiger partial charge in [-0.15, -0.1) is 0 Å². The molecule has 0 bridgehead atoms. The van der Waals surface area contributed by atoms with Crippen molar-refractivity contribution >= 4 is 11.9 Å². The van der Waals surface area contributed by atoms with E-state index in [0.717, 1.165) is 12.8 Å². The number of amides is 1. The van der Waals surface area contributed by atoms with Crippen molar-refractivity contribution in [2.75, 3.05) is 7.11 Å². The Kier molecular flexibility index (Phi) is 8.58. The summed E-state index contributed by atoms with van der Waals surface area (Å²) in [6, 6.07) is -0.596. The summed E-state index contributed by atoms with van der Waals surface area (Å²) in [6.45, 7) is 7.56. The van der Waals surface area contributed by atoms with Gasteiger partial charge in [0.05, 0.1) is 7.11 Å². The van der Waals surface area contributed by atoms with E-state index in [9.17, 15) is 9.59 Å². The molecule has 0 saturated carbocycles. The summed E-state index contributed by atoms with van der Waals surface area (Å²) < 4.78 is 4.67. The van der Waals surface area contributed by atoms with Crippen molar-refractivity contribution in [3.05, 3.63) is 23.3 Å². The average Bonchev–Trinajstić information content (AvgIpc) is 2.32. The van der Waals surface area contributed by atoms with E-state index in [4.69, 9.17) is 0 Å². The fourth-order valence-corrected chi connectivity index (χ4v) is 1.61. The Labute approximate surface area is 115 Å². The van der Waals surface area contributed by atoms with Gasteiger partial charge in [-0.25, -0.2) is 4.79 Å². The zero-order valence-corrected chi connectivity index (χ0v) is 12.6. The lowest BCUT2D eigenvalue weighted by atomic mass is 10.1. The maximum absolute atomic E-state index is 11.5. The molecule has 0 heterocycles. The van der Waals surface area contributed by atoms with E-state index in [2.05, 4.69) is 30.0 Å². The largest absolute Gasteiger partial charge is 0.467 e. The van der Waals surface area contributed by atoms with Crippen LogP contribution in [0.4, 0.5) is 0 Å². The van der Waals surface area contributed by atoms with E-state index in [-0.39, 0.29) is 5.91 Å². The summed E-state index contributed by atoms with van der Waals surface area (Å²) in [5.41, 5.74) is 2.51. The Morgan fingerprint density at radius 1 is 1.16 bits per heavy atom. The number of hydrogen-bond acceptors (Lipinski definition) is 3. The van der Waals surface area contributed by atoms with Crippen molar-refractivity contribution in [3.8, 4) is 0 Å². The van der Waals surface area contributed by atoms with Crippen LogP contribution in [0.3, 0.4) is 0 Å². The molecule has 0 aliphatic rings. The second kappa shape index (κ2) is 9.36. The molecule has 0 aromatic rings. The van der Waals surface area contributed by atoms with Crippen molar-refractivity contribution in [1.29, 1.82) is 0 Å². The first kappa shape index (κ1) is 17.4. The van der Waals surface area contributed by atoms with Gasteiger partial charge in [0.1, 0.15) is 6.04 Å². The Morgan fingerprint density at radius 3 is 2.26 bits per heavy atom. The molecule has 0 saturated heterocycles. The molecular weight excluding hydrogens is 242 g/mol. The van der Waals surface area contributed by atoms with Gasteiger partial charge in [-0.2, -0.15) is 0 Å². The van der Waals surface area contributed by atoms with Crippen LogP contribution in [-0.2, 0) is 14.3 Å². The van der Waals surface area contributed by atoms with Crippen LogP contribution in [0.1, 0.15) is 47.0 Å². The Morgan fingerprint density at radius 2 is 1.79 bits per heavy atom. The van der Waals surface area contributed by atoms with E-state index in [1.54, 1.807) is 0 Å². The topological polar surface area (TPSA) is 55.4 Å². The molecule has 0 unspecified atom stereocenters. The third kappa shape index (κ3) is 9.05. The van der Waals surface area contributed by atoms with E-state index in [1.165, 1.54) is 25.2 Å². The van der Waals surface area contributed by atoms with Crippen molar-refractivity contribution < 1.29 is 14.3 Å². The number of carbonyl (C=O) groups is 2. The van der Waals surface area contributed by atoms with Crippen molar-refractivity contribution in [1.82, 2.24) is 5.32 Å². The molecule has 0 aromatic heterocycles. The van der Waals surface area contributed by atoms with Gasteiger partial charge in [-0.1, -0.05) is 23.3 Å². The van der Waals surface area contributed by atoms with Crippen LogP contribution in [0.25, 0.3) is 0 Å². The van der Waals surface area contributed by atoms with Gasteiger partial charge in [-0.3, -0.25) is 4.79 Å². The minimum Gasteiger partial charge on any atom is -0.467 e. The van der Waals surface area contributed by atoms with Gasteiger partial charge >= 0.3 is 5.97 Å². The first-order valence-electron chi connectivity index (χ1n) is 6.50. The molecule has 0 aliphatic heterocycles. The van der Waals surface area contributed by atoms with E-state index >= 15 is 0 Å². The van der Waals surface area contributed by atoms with Crippen molar-refractivity contribution in [2.24, 2.45) is 0 Å². The Balaban J connectivity index is 4.38. The summed E-state index contributed by atoms with van der Waals surface area (Å²) in [6.07, 6.45) is 6.58. The predicted octanol–water partition coefficient (Wildman–Crippen LogP) is 2.75. The normalized spacial score (nSPS) is 12.6. The molecule has 19 heavy (non-hydrogen) atoms. The Bertz CT molecular complexity index is 366. The van der Waals surface area contributed by atoms with Gasteiger partial charge in [0.2, 0.25) is 5.91 Å². The second-order valence-corrected chi connectivity index (χ2v) is 4.88. The maximum atomic E-state index is 11.5. The third-order valence-corrected chi connectivity index (χ3v) is 2.66. The first-order valence-corrected chi connectivity index (χ1v) is 6.50. The molecule has 108 valence electrons. The summed E-state index contributed by atoms with van der Waals surface area (Å²) in [7, 11) is 1.32. The standard InChI is InChI=1S/C15H25NO3/c1-11(2)7-6-8-12(3)9-10-14(15(18)19-5)16-13(4)17/h7,9,14H,6,8,10H2,1-5H3,(H,16,17)/b12-9+/t14-/m1/s1. The first-order chi connectivity index (χ1) is 8.86. The number of methoxy groups -OCH3 is 1. The van der Waals surface area contributed by atoms with E-state index < -0.39 is 12.0 Å². The number of hydrogen-bond donors (Lipinski definition) is 1. The highest BCUT2D eigenvalue weighted by Crippen LogP contribution is 2.09. The van der Waals surface area contributed by atoms with Crippen LogP contribution < -0.4 is 5.32 Å². The van der Waals surface area contributed by atoms with Crippen molar-refractivity contribution in [3.63, 3.8) is 0 Å². The fourth-order valence-electron chi connectivity index (χ4n) is 1.61. The minimum atomic E-state index is -0.596. The van der Waals surface area contributed by atoms with Gasteiger partial charge in [0.15, 0.2) is 0 Å². The highest BCUT2D eigenvalue weighted by Gasteiger charge is 2.18. The monoisotopic (exact) mass is 267 g/mol. The molecule has 4 heteroatoms. The quantitative estimate of drug-likeness (QED) is 0.570. The molecular formula is C15H25NO3. The van der Waals surface area contributed by atoms with Crippen LogP contribution in [0, 0.1) is 0 Å². The van der Waals surface area contributed by atoms with Crippen LogP contribution in [0.15, 0.2) is 23.3 Å². The SMILES string of the molecule is COC(=O)[C@@H](C/C=C(\C)CCC=C(C)C)NC(C)=O. The van der Waals surface area contributed by atoms with Gasteiger partial charge in [-0.05, 0) is 40.0 Å². The summed E-state index contributed by atoms with van der Waals surface area (Å²) >= 11 is 0. The fraction of sp³-hybridized carbons (Fsp3) is 0.600. The number of carbonyl (C=O) groups excluding carboxylic acids is 2. The number of allylic oxidation sites excluding steroid dienone is 3. The van der Waals surface area contributed by atoms with E-state index in [0.29, 0.717) is 6.42 Å². The molecule has 0 aliphatic carbocycles. The number of esters is 1. The second-order valence-electron chi connectivity index (χ2n) is 4.88. The van der Waals surface area contributed by atoms with Crippen LogP contribution >= 0.6 is 0 Å². The van der Waals surface area contributed by atoms with Crippen molar-refractivity contribution in [2.45, 2.75) is 53.0 Å². The number of nitrogens with one attached hydrogen (secondary N) is 1. The van der Waals surface area contributed by atoms with Crippen LogP contribution in [0.5, 0.6) is 0 Å². The summed E-state index contributed by atoms with van der Waals surface area (Å²) in [5.74, 6) is -0.644. The van der Waals surface area contributed by atoms with Gasteiger partial charge in [0.25, 0.3) is 0 Å². The lowest BCUT2D eigenvalue weighted by Crippen LogP contribution is -2.40. The smallest absolute Gasteiger partial charge is 0.328 e. The molecule has 0 radical (unpaired) electrons. The molecule has 0 aromatic carbocycles. The van der Waals surface area contributed by atoms with E-state index in [1.807, 2.05) is 13.0 Å². The average molecular weight is 267 g/mol. The molecule has 0 rings (SSSR count). The molecule has 1 amide bonds. The summed E-state index contributed by atoms with van der Waals surface area (Å²) in [4.78, 5) is 22.5. The minimum absolute atomic E-state index is 0.231. The summed E-state index contributed by atoms with van der Waals surface area (Å²) in [5, 5.41) is 2.59. The molecule has 1 atom stereocenters. The van der Waals surface area contributed by atoms with Crippen LogP contribution in [-0.4, -0.2) is 25.0 Å². The third-order valence-electron chi connectivity index (χ3n) is 2.66. The predicted molar refractivity (Wildman–Crippen MR) is 76.7 cm³/mol. The highest BCUT2D eigenvalue weighted by atomic mass is 16.5. The molecule has 0 fully saturated rings.